The van der Waals surface area contributed by atoms with Gasteiger partial charge in [0.15, 0.2) is 0 Å². The average molecular weight is 258 g/mol. The number of nitrogens with zero attached hydrogens (tertiary/aromatic N) is 1. The molecule has 1 atom stereocenters. The van der Waals surface area contributed by atoms with Crippen LogP contribution in [-0.2, 0) is 9.53 Å². The van der Waals surface area contributed by atoms with Crippen molar-refractivity contribution in [3.8, 4) is 0 Å². The lowest BCUT2D eigenvalue weighted by Crippen LogP contribution is -2.47. The summed E-state index contributed by atoms with van der Waals surface area (Å²) in [6, 6.07) is -0.264. The monoisotopic (exact) mass is 258 g/mol. The molecule has 2 N–H and O–H groups in total. The minimum absolute atomic E-state index is 0.0475. The maximum absolute atomic E-state index is 11.7. The molecular weight excluding hydrogens is 236 g/mol. The van der Waals surface area contributed by atoms with Crippen molar-refractivity contribution in [2.45, 2.75) is 31.8 Å². The first-order valence-corrected chi connectivity index (χ1v) is 6.15. The standard InChI is InChI=1S/C12H22N2O4/c1-12(18-3,9-4-5-9)8-13-11(17)14(2)7-6-10(15)16/h9H,4-8H2,1-3H3,(H,13,17)(H,15,16). The molecule has 0 aromatic heterocycles. The van der Waals surface area contributed by atoms with Gasteiger partial charge in [0.1, 0.15) is 0 Å². The van der Waals surface area contributed by atoms with Crippen LogP contribution in [0.1, 0.15) is 26.2 Å². The van der Waals surface area contributed by atoms with Gasteiger partial charge in [-0.3, -0.25) is 4.79 Å². The highest BCUT2D eigenvalue weighted by molar-refractivity contribution is 5.75. The van der Waals surface area contributed by atoms with E-state index in [0.29, 0.717) is 12.5 Å². The van der Waals surface area contributed by atoms with Gasteiger partial charge >= 0.3 is 12.0 Å². The van der Waals surface area contributed by atoms with Gasteiger partial charge < -0.3 is 20.1 Å². The Balaban J connectivity index is 2.33. The Labute approximate surface area is 107 Å². The van der Waals surface area contributed by atoms with E-state index in [2.05, 4.69) is 5.32 Å². The summed E-state index contributed by atoms with van der Waals surface area (Å²) in [6.45, 7) is 2.64. The minimum atomic E-state index is -0.908. The number of hydrogen-bond donors (Lipinski definition) is 2. The van der Waals surface area contributed by atoms with E-state index in [1.54, 1.807) is 14.2 Å². The molecule has 1 fully saturated rings. The summed E-state index contributed by atoms with van der Waals surface area (Å²) in [7, 11) is 3.23. The largest absolute Gasteiger partial charge is 0.481 e. The van der Waals surface area contributed by atoms with E-state index in [1.165, 1.54) is 4.90 Å². The Morgan fingerprint density at radius 3 is 2.56 bits per heavy atom. The summed E-state index contributed by atoms with van der Waals surface area (Å²) in [5.41, 5.74) is -0.316. The molecule has 6 nitrogen and oxygen atoms in total. The fourth-order valence-electron chi connectivity index (χ4n) is 1.83. The Kier molecular flexibility index (Phi) is 4.95. The number of amides is 2. The van der Waals surface area contributed by atoms with Gasteiger partial charge in [-0.05, 0) is 25.7 Å². The van der Waals surface area contributed by atoms with Crippen LogP contribution in [0.2, 0.25) is 0 Å². The number of hydrogen-bond acceptors (Lipinski definition) is 3. The summed E-state index contributed by atoms with van der Waals surface area (Å²) < 4.78 is 5.46. The predicted octanol–water partition coefficient (Wildman–Crippen LogP) is 0.918. The summed E-state index contributed by atoms with van der Waals surface area (Å²) in [5.74, 6) is -0.401. The first-order valence-electron chi connectivity index (χ1n) is 6.15. The molecule has 18 heavy (non-hydrogen) atoms. The van der Waals surface area contributed by atoms with Crippen molar-refractivity contribution in [2.75, 3.05) is 27.2 Å². The van der Waals surface area contributed by atoms with E-state index in [1.807, 2.05) is 6.92 Å². The van der Waals surface area contributed by atoms with Crippen molar-refractivity contribution >= 4 is 12.0 Å². The number of carboxylic acid groups (broad SMARTS) is 1. The Morgan fingerprint density at radius 2 is 2.11 bits per heavy atom. The molecule has 0 aromatic rings. The van der Waals surface area contributed by atoms with Crippen molar-refractivity contribution in [1.29, 1.82) is 0 Å². The van der Waals surface area contributed by atoms with Crippen LogP contribution in [-0.4, -0.2) is 54.9 Å². The van der Waals surface area contributed by atoms with Crippen LogP contribution in [0.5, 0.6) is 0 Å². The molecule has 104 valence electrons. The normalized spacial score (nSPS) is 17.9. The van der Waals surface area contributed by atoms with Crippen molar-refractivity contribution in [1.82, 2.24) is 10.2 Å². The van der Waals surface area contributed by atoms with Crippen molar-refractivity contribution in [3.05, 3.63) is 0 Å². The number of carbonyl (C=O) groups excluding carboxylic acids is 1. The number of rotatable bonds is 7. The van der Waals surface area contributed by atoms with E-state index >= 15 is 0 Å². The molecule has 0 bridgehead atoms. The van der Waals surface area contributed by atoms with Crippen molar-refractivity contribution in [3.63, 3.8) is 0 Å². The Hall–Kier alpha value is -1.30. The van der Waals surface area contributed by atoms with Gasteiger partial charge in [-0.25, -0.2) is 4.79 Å². The lowest BCUT2D eigenvalue weighted by atomic mass is 10.0. The third kappa shape index (κ3) is 4.18. The molecule has 0 saturated heterocycles. The third-order valence-corrected chi connectivity index (χ3v) is 3.51. The molecule has 0 radical (unpaired) electrons. The fourth-order valence-corrected chi connectivity index (χ4v) is 1.83. The van der Waals surface area contributed by atoms with E-state index < -0.39 is 5.97 Å². The Morgan fingerprint density at radius 1 is 1.50 bits per heavy atom. The molecule has 0 aromatic carbocycles. The smallest absolute Gasteiger partial charge is 0.317 e. The number of methoxy groups -OCH3 is 1. The maximum Gasteiger partial charge on any atom is 0.317 e. The first kappa shape index (κ1) is 14.8. The van der Waals surface area contributed by atoms with Crippen LogP contribution >= 0.6 is 0 Å². The molecule has 6 heteroatoms. The second kappa shape index (κ2) is 6.04. The lowest BCUT2D eigenvalue weighted by molar-refractivity contribution is -0.137. The van der Waals surface area contributed by atoms with Crippen molar-refractivity contribution < 1.29 is 19.4 Å². The second-order valence-electron chi connectivity index (χ2n) is 5.02. The molecule has 1 aliphatic carbocycles. The molecule has 0 spiro atoms. The van der Waals surface area contributed by atoms with E-state index in [0.717, 1.165) is 12.8 Å². The number of carbonyl (C=O) groups is 2. The van der Waals surface area contributed by atoms with Gasteiger partial charge in [-0.15, -0.1) is 0 Å². The van der Waals surface area contributed by atoms with Crippen LogP contribution in [0, 0.1) is 5.92 Å². The summed E-state index contributed by atoms with van der Waals surface area (Å²) in [6.07, 6.45) is 2.22. The van der Waals surface area contributed by atoms with Crippen LogP contribution in [0.4, 0.5) is 4.79 Å². The average Bonchev–Trinajstić information content (AvgIpc) is 3.16. The number of urea groups is 1. The van der Waals surface area contributed by atoms with Gasteiger partial charge in [0.2, 0.25) is 0 Å². The highest BCUT2D eigenvalue weighted by Crippen LogP contribution is 2.41. The van der Waals surface area contributed by atoms with E-state index in [4.69, 9.17) is 9.84 Å². The lowest BCUT2D eigenvalue weighted by Gasteiger charge is -2.29. The molecule has 0 heterocycles. The zero-order valence-corrected chi connectivity index (χ0v) is 11.2. The topological polar surface area (TPSA) is 78.9 Å². The van der Waals surface area contributed by atoms with E-state index in [-0.39, 0.29) is 24.6 Å². The van der Waals surface area contributed by atoms with Crippen LogP contribution < -0.4 is 5.32 Å². The zero-order chi connectivity index (χ0) is 13.8. The number of ether oxygens (including phenoxy) is 1. The first-order chi connectivity index (χ1) is 8.39. The van der Waals surface area contributed by atoms with Crippen LogP contribution in [0.15, 0.2) is 0 Å². The van der Waals surface area contributed by atoms with Crippen molar-refractivity contribution in [2.24, 2.45) is 5.92 Å². The second-order valence-corrected chi connectivity index (χ2v) is 5.02. The fraction of sp³-hybridized carbons (Fsp3) is 0.833. The highest BCUT2D eigenvalue weighted by Gasteiger charge is 2.42. The molecule has 1 unspecified atom stereocenters. The highest BCUT2D eigenvalue weighted by atomic mass is 16.5. The molecule has 2 amide bonds. The molecular formula is C12H22N2O4. The molecule has 1 saturated carbocycles. The number of nitrogens with one attached hydrogen (secondary N) is 1. The molecule has 0 aliphatic heterocycles. The Bertz CT molecular complexity index is 317. The minimum Gasteiger partial charge on any atom is -0.481 e. The number of aliphatic carboxylic acids is 1. The molecule has 1 rings (SSSR count). The molecule has 1 aliphatic rings. The summed E-state index contributed by atoms with van der Waals surface area (Å²) in [5, 5.41) is 11.3. The summed E-state index contributed by atoms with van der Waals surface area (Å²) >= 11 is 0. The van der Waals surface area contributed by atoms with Gasteiger partial charge in [0.25, 0.3) is 0 Å². The van der Waals surface area contributed by atoms with Gasteiger partial charge in [0.05, 0.1) is 12.0 Å². The summed E-state index contributed by atoms with van der Waals surface area (Å²) in [4.78, 5) is 23.5. The third-order valence-electron chi connectivity index (χ3n) is 3.51. The van der Waals surface area contributed by atoms with Gasteiger partial charge in [-0.2, -0.15) is 0 Å². The van der Waals surface area contributed by atoms with Gasteiger partial charge in [-0.1, -0.05) is 0 Å². The van der Waals surface area contributed by atoms with E-state index in [9.17, 15) is 9.59 Å². The SMILES string of the molecule is COC(C)(CNC(=O)N(C)CCC(=O)O)C1CC1. The predicted molar refractivity (Wildman–Crippen MR) is 66.4 cm³/mol. The number of carboxylic acids is 1. The van der Waals surface area contributed by atoms with Crippen LogP contribution in [0.25, 0.3) is 0 Å². The quantitative estimate of drug-likeness (QED) is 0.711. The zero-order valence-electron chi connectivity index (χ0n) is 11.2. The van der Waals surface area contributed by atoms with Gasteiger partial charge in [0, 0.05) is 27.2 Å². The van der Waals surface area contributed by atoms with Crippen LogP contribution in [0.3, 0.4) is 0 Å². The maximum atomic E-state index is 11.7.